The maximum atomic E-state index is 12.4. The molecule has 0 bridgehead atoms. The number of para-hydroxylation sites is 1. The van der Waals surface area contributed by atoms with E-state index in [1.165, 1.54) is 0 Å². The van der Waals surface area contributed by atoms with Crippen molar-refractivity contribution in [1.29, 1.82) is 0 Å². The van der Waals surface area contributed by atoms with Gasteiger partial charge in [0.25, 0.3) is 5.56 Å². The second kappa shape index (κ2) is 6.78. The SMILES string of the molecule is CC1(CN)CCN(C(=O)Cn2c(=O)[nH]c3ccccc3c2=O)C1.Cl. The maximum Gasteiger partial charge on any atom is 0.329 e. The number of hydrogen-bond donors (Lipinski definition) is 2. The van der Waals surface area contributed by atoms with Crippen LogP contribution in [0.15, 0.2) is 33.9 Å². The van der Waals surface area contributed by atoms with Crippen molar-refractivity contribution in [3.05, 3.63) is 45.1 Å². The third-order valence-corrected chi connectivity index (χ3v) is 4.59. The number of aromatic amines is 1. The zero-order chi connectivity index (χ0) is 16.6. The van der Waals surface area contributed by atoms with Gasteiger partial charge in [0.2, 0.25) is 5.91 Å². The van der Waals surface area contributed by atoms with Crippen LogP contribution in [0.25, 0.3) is 10.9 Å². The average molecular weight is 353 g/mol. The van der Waals surface area contributed by atoms with Gasteiger partial charge >= 0.3 is 5.69 Å². The number of halogens is 1. The number of nitrogens with two attached hydrogens (primary N) is 1. The maximum absolute atomic E-state index is 12.4. The summed E-state index contributed by atoms with van der Waals surface area (Å²) in [5, 5.41) is 0.396. The van der Waals surface area contributed by atoms with E-state index in [4.69, 9.17) is 5.73 Å². The highest BCUT2D eigenvalue weighted by atomic mass is 35.5. The van der Waals surface area contributed by atoms with Gasteiger partial charge in [-0.25, -0.2) is 4.79 Å². The van der Waals surface area contributed by atoms with E-state index in [1.807, 2.05) is 6.92 Å². The molecule has 1 atom stereocenters. The number of rotatable bonds is 3. The Hall–Kier alpha value is -2.12. The lowest BCUT2D eigenvalue weighted by molar-refractivity contribution is -0.131. The minimum atomic E-state index is -0.567. The van der Waals surface area contributed by atoms with Crippen LogP contribution in [0.4, 0.5) is 0 Å². The Morgan fingerprint density at radius 1 is 1.33 bits per heavy atom. The molecule has 7 nitrogen and oxygen atoms in total. The van der Waals surface area contributed by atoms with Gasteiger partial charge in [0.1, 0.15) is 6.54 Å². The molecule has 0 radical (unpaired) electrons. The zero-order valence-electron chi connectivity index (χ0n) is 13.4. The quantitative estimate of drug-likeness (QED) is 0.830. The summed E-state index contributed by atoms with van der Waals surface area (Å²) in [6.45, 7) is 3.46. The molecule has 1 aliphatic rings. The van der Waals surface area contributed by atoms with Crippen LogP contribution in [-0.2, 0) is 11.3 Å². The van der Waals surface area contributed by atoms with E-state index >= 15 is 0 Å². The monoisotopic (exact) mass is 352 g/mol. The van der Waals surface area contributed by atoms with E-state index < -0.39 is 11.2 Å². The molecule has 2 aromatic rings. The van der Waals surface area contributed by atoms with E-state index in [9.17, 15) is 14.4 Å². The van der Waals surface area contributed by atoms with Crippen LogP contribution < -0.4 is 17.0 Å². The van der Waals surface area contributed by atoms with Crippen molar-refractivity contribution in [2.24, 2.45) is 11.1 Å². The third kappa shape index (κ3) is 3.22. The van der Waals surface area contributed by atoms with Gasteiger partial charge in [-0.05, 0) is 30.5 Å². The van der Waals surface area contributed by atoms with Gasteiger partial charge in [-0.1, -0.05) is 19.1 Å². The summed E-state index contributed by atoms with van der Waals surface area (Å²) in [5.41, 5.74) is 5.12. The largest absolute Gasteiger partial charge is 0.341 e. The molecule has 1 aromatic heterocycles. The number of fused-ring (bicyclic) bond motifs is 1. The number of benzene rings is 1. The minimum Gasteiger partial charge on any atom is -0.341 e. The normalized spacial score (nSPS) is 20.2. The number of likely N-dealkylation sites (tertiary alicyclic amines) is 1. The predicted molar refractivity (Wildman–Crippen MR) is 94.4 cm³/mol. The second-order valence-corrected chi connectivity index (χ2v) is 6.45. The zero-order valence-corrected chi connectivity index (χ0v) is 14.3. The number of nitrogens with zero attached hydrogens (tertiary/aromatic N) is 2. The van der Waals surface area contributed by atoms with Gasteiger partial charge in [0, 0.05) is 13.1 Å². The lowest BCUT2D eigenvalue weighted by atomic mass is 9.90. The van der Waals surface area contributed by atoms with Crippen LogP contribution in [0, 0.1) is 5.41 Å². The summed E-state index contributed by atoms with van der Waals surface area (Å²) >= 11 is 0. The summed E-state index contributed by atoms with van der Waals surface area (Å²) in [5.74, 6) is -0.231. The highest BCUT2D eigenvalue weighted by Crippen LogP contribution is 2.28. The molecule has 24 heavy (non-hydrogen) atoms. The molecule has 1 aromatic carbocycles. The average Bonchev–Trinajstić information content (AvgIpc) is 2.94. The van der Waals surface area contributed by atoms with Crippen molar-refractivity contribution in [2.45, 2.75) is 19.9 Å². The van der Waals surface area contributed by atoms with Gasteiger partial charge in [0.05, 0.1) is 10.9 Å². The Labute approximate surface area is 144 Å². The fourth-order valence-corrected chi connectivity index (χ4v) is 2.98. The minimum absolute atomic E-state index is 0. The Bertz CT molecular complexity index is 875. The molecule has 1 saturated heterocycles. The topological polar surface area (TPSA) is 101 Å². The number of nitrogens with one attached hydrogen (secondary N) is 1. The molecule has 130 valence electrons. The van der Waals surface area contributed by atoms with E-state index in [-0.39, 0.29) is 30.3 Å². The van der Waals surface area contributed by atoms with Gasteiger partial charge in [-0.2, -0.15) is 0 Å². The number of amides is 1. The van der Waals surface area contributed by atoms with E-state index in [2.05, 4.69) is 4.98 Å². The summed E-state index contributed by atoms with van der Waals surface area (Å²) in [7, 11) is 0. The third-order valence-electron chi connectivity index (χ3n) is 4.59. The standard InChI is InChI=1S/C16H20N4O3.ClH/c1-16(9-17)6-7-19(10-16)13(21)8-20-14(22)11-4-2-3-5-12(11)18-15(20)23;/h2-5H,6-10,17H2,1H3,(H,18,23);1H. The number of aromatic nitrogens is 2. The van der Waals surface area contributed by atoms with Gasteiger partial charge < -0.3 is 15.6 Å². The Morgan fingerprint density at radius 3 is 2.71 bits per heavy atom. The number of H-pyrrole nitrogens is 1. The van der Waals surface area contributed by atoms with Crippen LogP contribution in [0.1, 0.15) is 13.3 Å². The van der Waals surface area contributed by atoms with Gasteiger partial charge in [0.15, 0.2) is 0 Å². The number of hydrogen-bond acceptors (Lipinski definition) is 4. The van der Waals surface area contributed by atoms with Crippen LogP contribution in [0.5, 0.6) is 0 Å². The molecule has 1 fully saturated rings. The summed E-state index contributed by atoms with van der Waals surface area (Å²) in [6, 6.07) is 6.76. The molecule has 8 heteroatoms. The first-order valence-corrected chi connectivity index (χ1v) is 7.63. The number of carbonyl (C=O) groups excluding carboxylic acids is 1. The van der Waals surface area contributed by atoms with Crippen LogP contribution in [0.3, 0.4) is 0 Å². The molecule has 1 amide bonds. The van der Waals surface area contributed by atoms with Gasteiger partial charge in [-0.15, -0.1) is 12.4 Å². The first kappa shape index (κ1) is 18.2. The first-order chi connectivity index (χ1) is 10.9. The molecular formula is C16H21ClN4O3. The Morgan fingerprint density at radius 2 is 2.04 bits per heavy atom. The van der Waals surface area contributed by atoms with Gasteiger partial charge in [-0.3, -0.25) is 14.2 Å². The van der Waals surface area contributed by atoms with Crippen LogP contribution >= 0.6 is 12.4 Å². The molecular weight excluding hydrogens is 332 g/mol. The molecule has 0 aliphatic carbocycles. The van der Waals surface area contributed by atoms with Crippen molar-refractivity contribution in [1.82, 2.24) is 14.5 Å². The highest BCUT2D eigenvalue weighted by Gasteiger charge is 2.35. The lowest BCUT2D eigenvalue weighted by Crippen LogP contribution is -2.42. The summed E-state index contributed by atoms with van der Waals surface area (Å²) < 4.78 is 0.961. The molecule has 1 unspecified atom stereocenters. The smallest absolute Gasteiger partial charge is 0.329 e. The first-order valence-electron chi connectivity index (χ1n) is 7.63. The lowest BCUT2D eigenvalue weighted by Gasteiger charge is -2.22. The Kier molecular flexibility index (Phi) is 5.15. The van der Waals surface area contributed by atoms with E-state index in [1.54, 1.807) is 29.2 Å². The molecule has 2 heterocycles. The van der Waals surface area contributed by atoms with Crippen molar-refractivity contribution in [3.8, 4) is 0 Å². The van der Waals surface area contributed by atoms with E-state index in [0.29, 0.717) is 30.5 Å². The molecule has 0 saturated carbocycles. The van der Waals surface area contributed by atoms with Crippen molar-refractivity contribution < 1.29 is 4.79 Å². The highest BCUT2D eigenvalue weighted by molar-refractivity contribution is 5.85. The fourth-order valence-electron chi connectivity index (χ4n) is 2.98. The van der Waals surface area contributed by atoms with Crippen molar-refractivity contribution in [3.63, 3.8) is 0 Å². The van der Waals surface area contributed by atoms with Crippen LogP contribution in [-0.4, -0.2) is 40.0 Å². The van der Waals surface area contributed by atoms with Crippen molar-refractivity contribution >= 4 is 29.2 Å². The molecule has 1 aliphatic heterocycles. The second-order valence-electron chi connectivity index (χ2n) is 6.45. The molecule has 0 spiro atoms. The van der Waals surface area contributed by atoms with E-state index in [0.717, 1.165) is 11.0 Å². The van der Waals surface area contributed by atoms with Crippen molar-refractivity contribution in [2.75, 3.05) is 19.6 Å². The predicted octanol–water partition coefficient (Wildman–Crippen LogP) is 0.309. The summed E-state index contributed by atoms with van der Waals surface area (Å²) in [6.07, 6.45) is 0.832. The number of carbonyl (C=O) groups is 1. The van der Waals surface area contributed by atoms with Crippen LogP contribution in [0.2, 0.25) is 0 Å². The summed E-state index contributed by atoms with van der Waals surface area (Å²) in [4.78, 5) is 41.3. The molecule has 3 N–H and O–H groups in total. The molecule has 3 rings (SSSR count). The Balaban J connectivity index is 0.00000208. The fraction of sp³-hybridized carbons (Fsp3) is 0.438.